The maximum atomic E-state index is 13.1. The molecule has 1 aromatic heterocycles. The second-order valence-electron chi connectivity index (χ2n) is 8.59. The Morgan fingerprint density at radius 2 is 1.80 bits per heavy atom. The van der Waals surface area contributed by atoms with Crippen LogP contribution >= 0.6 is 0 Å². The van der Waals surface area contributed by atoms with Gasteiger partial charge in [0.1, 0.15) is 11.5 Å². The lowest BCUT2D eigenvalue weighted by atomic mass is 10.2. The molecule has 9 heteroatoms. The minimum absolute atomic E-state index is 0.0852. The molecule has 0 saturated carbocycles. The van der Waals surface area contributed by atoms with Crippen LogP contribution in [0.15, 0.2) is 76.2 Å². The Bertz CT molecular complexity index is 1210. The van der Waals surface area contributed by atoms with Gasteiger partial charge in [0, 0.05) is 19.6 Å². The van der Waals surface area contributed by atoms with Gasteiger partial charge in [0.25, 0.3) is 0 Å². The molecule has 4 rings (SSSR count). The first-order chi connectivity index (χ1) is 17.0. The minimum atomic E-state index is -3.64. The van der Waals surface area contributed by atoms with Crippen molar-refractivity contribution in [2.24, 2.45) is 0 Å². The van der Waals surface area contributed by atoms with E-state index in [4.69, 9.17) is 9.15 Å². The average Bonchev–Trinajstić information content (AvgIpc) is 3.38. The summed E-state index contributed by atoms with van der Waals surface area (Å²) >= 11 is 0. The third-order valence-corrected chi connectivity index (χ3v) is 7.87. The molecule has 0 aliphatic carbocycles. The number of anilines is 1. The molecule has 186 valence electrons. The first-order valence-corrected chi connectivity index (χ1v) is 13.2. The van der Waals surface area contributed by atoms with Gasteiger partial charge in [0.2, 0.25) is 15.9 Å². The minimum Gasteiger partial charge on any atom is -0.495 e. The van der Waals surface area contributed by atoms with E-state index in [1.54, 1.807) is 12.3 Å². The Hall–Kier alpha value is -3.14. The largest absolute Gasteiger partial charge is 0.495 e. The highest BCUT2D eigenvalue weighted by atomic mass is 32.2. The number of sulfonamides is 1. The van der Waals surface area contributed by atoms with Crippen LogP contribution in [-0.2, 0) is 27.9 Å². The van der Waals surface area contributed by atoms with Crippen LogP contribution in [-0.4, -0.2) is 50.3 Å². The number of nitrogens with zero attached hydrogens (tertiary/aromatic N) is 2. The summed E-state index contributed by atoms with van der Waals surface area (Å²) < 4.78 is 38.7. The van der Waals surface area contributed by atoms with Crippen molar-refractivity contribution >= 4 is 21.6 Å². The summed E-state index contributed by atoms with van der Waals surface area (Å²) in [6.07, 6.45) is 4.35. The summed E-state index contributed by atoms with van der Waals surface area (Å²) in [5.41, 5.74) is 1.40. The number of amides is 1. The zero-order valence-corrected chi connectivity index (χ0v) is 20.7. The number of piperidine rings is 1. The van der Waals surface area contributed by atoms with Crippen LogP contribution in [0.1, 0.15) is 30.6 Å². The Labute approximate surface area is 206 Å². The van der Waals surface area contributed by atoms with E-state index in [9.17, 15) is 13.2 Å². The molecule has 3 aromatic rings. The second-order valence-corrected chi connectivity index (χ2v) is 10.5. The number of carbonyl (C=O) groups is 1. The van der Waals surface area contributed by atoms with Crippen molar-refractivity contribution < 1.29 is 22.4 Å². The third-order valence-electron chi connectivity index (χ3n) is 5.97. The number of furan rings is 1. The van der Waals surface area contributed by atoms with E-state index in [1.165, 1.54) is 23.5 Å². The van der Waals surface area contributed by atoms with Crippen LogP contribution in [0.3, 0.4) is 0 Å². The molecule has 1 saturated heterocycles. The monoisotopic (exact) mass is 497 g/mol. The Morgan fingerprint density at radius 1 is 1.03 bits per heavy atom. The van der Waals surface area contributed by atoms with E-state index in [2.05, 4.69) is 5.32 Å². The van der Waals surface area contributed by atoms with Gasteiger partial charge in [-0.25, -0.2) is 8.42 Å². The fourth-order valence-electron chi connectivity index (χ4n) is 4.22. The molecule has 2 aromatic carbocycles. The number of rotatable bonds is 10. The molecule has 35 heavy (non-hydrogen) atoms. The summed E-state index contributed by atoms with van der Waals surface area (Å²) in [5.74, 6) is 0.871. The summed E-state index contributed by atoms with van der Waals surface area (Å²) in [7, 11) is -2.15. The molecule has 1 amide bonds. The van der Waals surface area contributed by atoms with Crippen LogP contribution in [0.25, 0.3) is 0 Å². The van der Waals surface area contributed by atoms with Gasteiger partial charge in [-0.3, -0.25) is 9.69 Å². The third kappa shape index (κ3) is 6.50. The highest BCUT2D eigenvalue weighted by Crippen LogP contribution is 2.30. The molecule has 1 fully saturated rings. The number of nitrogens with one attached hydrogen (secondary N) is 1. The Kier molecular flexibility index (Phi) is 8.22. The lowest BCUT2D eigenvalue weighted by Crippen LogP contribution is -2.35. The molecule has 0 bridgehead atoms. The van der Waals surface area contributed by atoms with Gasteiger partial charge in [-0.2, -0.15) is 4.31 Å². The van der Waals surface area contributed by atoms with E-state index >= 15 is 0 Å². The molecular formula is C26H31N3O5S. The lowest BCUT2D eigenvalue weighted by molar-refractivity contribution is -0.117. The molecule has 2 heterocycles. The van der Waals surface area contributed by atoms with E-state index < -0.39 is 10.0 Å². The second kappa shape index (κ2) is 11.5. The molecule has 0 unspecified atom stereocenters. The van der Waals surface area contributed by atoms with Crippen molar-refractivity contribution in [2.45, 2.75) is 37.2 Å². The molecule has 8 nitrogen and oxygen atoms in total. The number of methoxy groups -OCH3 is 1. The van der Waals surface area contributed by atoms with Gasteiger partial charge >= 0.3 is 0 Å². The Morgan fingerprint density at radius 3 is 2.49 bits per heavy atom. The molecular weight excluding hydrogens is 466 g/mol. The van der Waals surface area contributed by atoms with Crippen molar-refractivity contribution in [3.63, 3.8) is 0 Å². The highest BCUT2D eigenvalue weighted by molar-refractivity contribution is 7.89. The number of carbonyl (C=O) groups excluding carboxylic acids is 1. The van der Waals surface area contributed by atoms with E-state index in [0.717, 1.165) is 30.6 Å². The average molecular weight is 498 g/mol. The number of benzene rings is 2. The smallest absolute Gasteiger partial charge is 0.243 e. The number of ether oxygens (including phenoxy) is 1. The number of hydrogen-bond donors (Lipinski definition) is 1. The molecule has 0 spiro atoms. The van der Waals surface area contributed by atoms with Crippen molar-refractivity contribution in [1.82, 2.24) is 9.21 Å². The van der Waals surface area contributed by atoms with E-state index in [1.807, 2.05) is 47.4 Å². The molecule has 0 atom stereocenters. The van der Waals surface area contributed by atoms with E-state index in [-0.39, 0.29) is 17.3 Å². The van der Waals surface area contributed by atoms with Crippen LogP contribution < -0.4 is 10.1 Å². The molecule has 0 radical (unpaired) electrons. The van der Waals surface area contributed by atoms with Gasteiger partial charge in [0.05, 0.1) is 37.0 Å². The summed E-state index contributed by atoms with van der Waals surface area (Å²) in [5, 5.41) is 2.85. The zero-order valence-electron chi connectivity index (χ0n) is 19.9. The first-order valence-electron chi connectivity index (χ1n) is 11.7. The van der Waals surface area contributed by atoms with Crippen LogP contribution in [0.2, 0.25) is 0 Å². The van der Waals surface area contributed by atoms with Crippen molar-refractivity contribution in [3.8, 4) is 5.75 Å². The van der Waals surface area contributed by atoms with Crippen LogP contribution in [0.5, 0.6) is 5.75 Å². The molecule has 1 N–H and O–H groups in total. The molecule has 1 aliphatic rings. The maximum Gasteiger partial charge on any atom is 0.243 e. The SMILES string of the molecule is COc1ccc(S(=O)(=O)N2CCCCC2)cc1NC(=O)CN(Cc1ccccc1)Cc1ccco1. The summed E-state index contributed by atoms with van der Waals surface area (Å²) in [4.78, 5) is 15.2. The molecule has 1 aliphatic heterocycles. The van der Waals surface area contributed by atoms with Crippen LogP contribution in [0.4, 0.5) is 5.69 Å². The lowest BCUT2D eigenvalue weighted by Gasteiger charge is -2.26. The summed E-state index contributed by atoms with van der Waals surface area (Å²) in [6, 6.07) is 18.1. The van der Waals surface area contributed by atoms with Crippen LogP contribution in [0, 0.1) is 0 Å². The Balaban J connectivity index is 1.51. The van der Waals surface area contributed by atoms with Gasteiger partial charge in [0.15, 0.2) is 0 Å². The summed E-state index contributed by atoms with van der Waals surface area (Å²) in [6.45, 7) is 2.11. The fourth-order valence-corrected chi connectivity index (χ4v) is 5.77. The van der Waals surface area contributed by atoms with Crippen molar-refractivity contribution in [3.05, 3.63) is 78.3 Å². The van der Waals surface area contributed by atoms with Gasteiger partial charge < -0.3 is 14.5 Å². The van der Waals surface area contributed by atoms with Crippen molar-refractivity contribution in [2.75, 3.05) is 32.1 Å². The predicted octanol–water partition coefficient (Wildman–Crippen LogP) is 4.10. The zero-order chi connectivity index (χ0) is 24.7. The standard InChI is InChI=1S/C26H31N3O5S/c1-33-25-13-12-23(35(31,32)29-14-6-3-7-15-29)17-24(25)27-26(30)20-28(19-22-11-8-16-34-22)18-21-9-4-2-5-10-21/h2,4-5,8-13,16-17H,3,6-7,14-15,18-20H2,1H3,(H,27,30). The van der Waals surface area contributed by atoms with Gasteiger partial charge in [-0.05, 0) is 48.7 Å². The fraction of sp³-hybridized carbons (Fsp3) is 0.346. The maximum absolute atomic E-state index is 13.1. The van der Waals surface area contributed by atoms with E-state index in [0.29, 0.717) is 37.6 Å². The topological polar surface area (TPSA) is 92.1 Å². The first kappa shape index (κ1) is 25.0. The highest BCUT2D eigenvalue weighted by Gasteiger charge is 2.27. The number of hydrogen-bond acceptors (Lipinski definition) is 6. The van der Waals surface area contributed by atoms with Crippen molar-refractivity contribution in [1.29, 1.82) is 0 Å². The quantitative estimate of drug-likeness (QED) is 0.453. The predicted molar refractivity (Wildman–Crippen MR) is 133 cm³/mol. The van der Waals surface area contributed by atoms with Gasteiger partial charge in [-0.15, -0.1) is 0 Å². The normalized spacial score (nSPS) is 14.7. The van der Waals surface area contributed by atoms with Gasteiger partial charge in [-0.1, -0.05) is 36.8 Å².